The summed E-state index contributed by atoms with van der Waals surface area (Å²) in [7, 11) is 1.99. The summed E-state index contributed by atoms with van der Waals surface area (Å²) < 4.78 is 1.92. The van der Waals surface area contributed by atoms with E-state index in [2.05, 4.69) is 31.1 Å². The van der Waals surface area contributed by atoms with Crippen molar-refractivity contribution < 1.29 is 5.11 Å². The minimum Gasteiger partial charge on any atom is -0.388 e. The number of aliphatic hydroxyl groups is 1. The lowest BCUT2D eigenvalue weighted by molar-refractivity contribution is -0.119. The SMILES string of the molecule is Cn1nccc1/C=C1\CC2C3CCC4CCCCC4(C)C3CCC2(C)C1O. The normalized spacial score (nSPS) is 48.1. The minimum absolute atomic E-state index is 0.0729. The van der Waals surface area contributed by atoms with E-state index in [1.165, 1.54) is 56.9 Å². The standard InChI is InChI=1S/C24H36N2O/c1-23-11-5-4-6-17(23)7-8-19-20(23)9-12-24(2)21(19)15-16(22(24)27)14-18-10-13-25-26(18)3/h10,13-14,17,19-22,27H,4-9,11-12,15H2,1-3H3/b16-14+. The Hall–Kier alpha value is -1.09. The summed E-state index contributed by atoms with van der Waals surface area (Å²) in [6, 6.07) is 2.06. The van der Waals surface area contributed by atoms with E-state index in [9.17, 15) is 5.11 Å². The molecule has 1 N–H and O–H groups in total. The Morgan fingerprint density at radius 2 is 1.93 bits per heavy atom. The number of hydrogen-bond acceptors (Lipinski definition) is 2. The van der Waals surface area contributed by atoms with Crippen molar-refractivity contribution in [2.75, 3.05) is 0 Å². The number of rotatable bonds is 1. The maximum Gasteiger partial charge on any atom is 0.0810 e. The van der Waals surface area contributed by atoms with Crippen LogP contribution < -0.4 is 0 Å². The van der Waals surface area contributed by atoms with Crippen molar-refractivity contribution in [3.63, 3.8) is 0 Å². The van der Waals surface area contributed by atoms with E-state index in [1.54, 1.807) is 0 Å². The quantitative estimate of drug-likeness (QED) is 0.739. The fourth-order valence-electron chi connectivity index (χ4n) is 8.01. The molecule has 27 heavy (non-hydrogen) atoms. The molecule has 4 saturated carbocycles. The summed E-state index contributed by atoms with van der Waals surface area (Å²) in [4.78, 5) is 0. The van der Waals surface area contributed by atoms with Crippen molar-refractivity contribution >= 4 is 6.08 Å². The van der Waals surface area contributed by atoms with Gasteiger partial charge in [0, 0.05) is 18.7 Å². The summed E-state index contributed by atoms with van der Waals surface area (Å²) in [5, 5.41) is 15.6. The second kappa shape index (κ2) is 6.20. The molecule has 4 fully saturated rings. The van der Waals surface area contributed by atoms with Crippen molar-refractivity contribution in [2.45, 2.75) is 77.7 Å². The number of aliphatic hydroxyl groups excluding tert-OH is 1. The molecule has 7 atom stereocenters. The molecule has 0 radical (unpaired) electrons. The van der Waals surface area contributed by atoms with Gasteiger partial charge >= 0.3 is 0 Å². The van der Waals surface area contributed by atoms with Gasteiger partial charge in [-0.3, -0.25) is 4.68 Å². The highest BCUT2D eigenvalue weighted by Crippen LogP contribution is 2.66. The van der Waals surface area contributed by atoms with Crippen LogP contribution in [0.1, 0.15) is 77.3 Å². The summed E-state index contributed by atoms with van der Waals surface area (Å²) in [6.45, 7) is 5.02. The van der Waals surface area contributed by atoms with Crippen LogP contribution in [0.5, 0.6) is 0 Å². The third-order valence-electron chi connectivity index (χ3n) is 9.64. The van der Waals surface area contributed by atoms with Crippen LogP contribution in [0.25, 0.3) is 6.08 Å². The molecule has 4 aliphatic carbocycles. The summed E-state index contributed by atoms with van der Waals surface area (Å²) in [5.74, 6) is 3.33. The van der Waals surface area contributed by atoms with Gasteiger partial charge in [0.15, 0.2) is 0 Å². The second-order valence-electron chi connectivity index (χ2n) is 10.7. The van der Waals surface area contributed by atoms with E-state index >= 15 is 0 Å². The molecule has 3 heteroatoms. The lowest BCUT2D eigenvalue weighted by Gasteiger charge is -2.60. The first kappa shape index (κ1) is 18.0. The van der Waals surface area contributed by atoms with E-state index < -0.39 is 0 Å². The third-order valence-corrected chi connectivity index (χ3v) is 9.64. The molecule has 0 spiro atoms. The maximum atomic E-state index is 11.3. The number of hydrogen-bond donors (Lipinski definition) is 1. The second-order valence-corrected chi connectivity index (χ2v) is 10.7. The molecule has 4 aliphatic rings. The van der Waals surface area contributed by atoms with E-state index in [1.807, 2.05) is 17.9 Å². The van der Waals surface area contributed by atoms with Crippen LogP contribution in [0, 0.1) is 34.5 Å². The lowest BCUT2D eigenvalue weighted by atomic mass is 9.45. The summed E-state index contributed by atoms with van der Waals surface area (Å²) in [5.41, 5.74) is 3.01. The topological polar surface area (TPSA) is 38.0 Å². The van der Waals surface area contributed by atoms with Crippen molar-refractivity contribution in [2.24, 2.45) is 41.5 Å². The van der Waals surface area contributed by atoms with Gasteiger partial charge in [0.05, 0.1) is 11.8 Å². The smallest absolute Gasteiger partial charge is 0.0810 e. The average molecular weight is 369 g/mol. The Morgan fingerprint density at radius 1 is 1.07 bits per heavy atom. The number of nitrogens with zero attached hydrogens (tertiary/aromatic N) is 2. The number of aromatic nitrogens is 2. The largest absolute Gasteiger partial charge is 0.388 e. The monoisotopic (exact) mass is 368 g/mol. The number of aryl methyl sites for hydroxylation is 1. The molecule has 0 bridgehead atoms. The van der Waals surface area contributed by atoms with E-state index in [4.69, 9.17) is 0 Å². The Balaban J connectivity index is 1.47. The van der Waals surface area contributed by atoms with Crippen molar-refractivity contribution in [1.82, 2.24) is 9.78 Å². The Bertz CT molecular complexity index is 751. The highest BCUT2D eigenvalue weighted by molar-refractivity contribution is 5.52. The average Bonchev–Trinajstić information content (AvgIpc) is 3.17. The van der Waals surface area contributed by atoms with Crippen LogP contribution in [0.4, 0.5) is 0 Å². The molecule has 5 rings (SSSR count). The van der Waals surface area contributed by atoms with Crippen LogP contribution in [0.15, 0.2) is 17.8 Å². The van der Waals surface area contributed by atoms with Gasteiger partial charge < -0.3 is 5.11 Å². The maximum absolute atomic E-state index is 11.3. The van der Waals surface area contributed by atoms with Crippen LogP contribution in [0.3, 0.4) is 0 Å². The predicted molar refractivity (Wildman–Crippen MR) is 109 cm³/mol. The van der Waals surface area contributed by atoms with Crippen LogP contribution >= 0.6 is 0 Å². The molecule has 0 aromatic carbocycles. The zero-order chi connectivity index (χ0) is 18.8. The van der Waals surface area contributed by atoms with Crippen molar-refractivity contribution in [1.29, 1.82) is 0 Å². The first-order chi connectivity index (χ1) is 12.9. The molecule has 1 aromatic rings. The van der Waals surface area contributed by atoms with Gasteiger partial charge in [0.2, 0.25) is 0 Å². The number of fused-ring (bicyclic) bond motifs is 5. The van der Waals surface area contributed by atoms with Gasteiger partial charge in [0.25, 0.3) is 0 Å². The van der Waals surface area contributed by atoms with Crippen LogP contribution in [-0.2, 0) is 7.05 Å². The first-order valence-electron chi connectivity index (χ1n) is 11.3. The highest BCUT2D eigenvalue weighted by Gasteiger charge is 2.60. The zero-order valence-corrected chi connectivity index (χ0v) is 17.3. The molecule has 148 valence electrons. The van der Waals surface area contributed by atoms with Gasteiger partial charge in [-0.1, -0.05) is 26.7 Å². The Kier molecular flexibility index (Phi) is 4.13. The molecular weight excluding hydrogens is 332 g/mol. The molecule has 0 aliphatic heterocycles. The van der Waals surface area contributed by atoms with Gasteiger partial charge in [-0.2, -0.15) is 5.10 Å². The molecule has 0 amide bonds. The first-order valence-corrected chi connectivity index (χ1v) is 11.3. The van der Waals surface area contributed by atoms with Crippen molar-refractivity contribution in [3.05, 3.63) is 23.5 Å². The van der Waals surface area contributed by atoms with Gasteiger partial charge in [-0.05, 0) is 91.7 Å². The molecule has 1 aromatic heterocycles. The fraction of sp³-hybridized carbons (Fsp3) is 0.792. The van der Waals surface area contributed by atoms with E-state index in [-0.39, 0.29) is 11.5 Å². The molecule has 0 saturated heterocycles. The predicted octanol–water partition coefficient (Wildman–Crippen LogP) is 5.21. The van der Waals surface area contributed by atoms with Gasteiger partial charge in [0.1, 0.15) is 0 Å². The van der Waals surface area contributed by atoms with Crippen LogP contribution in [0.2, 0.25) is 0 Å². The molecular formula is C24H36N2O. The molecule has 7 unspecified atom stereocenters. The van der Waals surface area contributed by atoms with E-state index in [0.717, 1.165) is 29.9 Å². The van der Waals surface area contributed by atoms with Gasteiger partial charge in [-0.15, -0.1) is 0 Å². The molecule has 1 heterocycles. The Labute approximate surface area is 164 Å². The third kappa shape index (κ3) is 2.53. The van der Waals surface area contributed by atoms with E-state index in [0.29, 0.717) is 11.3 Å². The summed E-state index contributed by atoms with van der Waals surface area (Å²) in [6.07, 6.45) is 16.1. The van der Waals surface area contributed by atoms with Gasteiger partial charge in [-0.25, -0.2) is 0 Å². The zero-order valence-electron chi connectivity index (χ0n) is 17.3. The molecule has 3 nitrogen and oxygen atoms in total. The Morgan fingerprint density at radius 3 is 2.70 bits per heavy atom. The minimum atomic E-state index is -0.282. The summed E-state index contributed by atoms with van der Waals surface area (Å²) >= 11 is 0. The van der Waals surface area contributed by atoms with Crippen molar-refractivity contribution in [3.8, 4) is 0 Å². The highest BCUT2D eigenvalue weighted by atomic mass is 16.3. The lowest BCUT2D eigenvalue weighted by Crippen LogP contribution is -2.53. The fourth-order valence-corrected chi connectivity index (χ4v) is 8.01. The van der Waals surface area contributed by atoms with Crippen LogP contribution in [-0.4, -0.2) is 21.0 Å².